The summed E-state index contributed by atoms with van der Waals surface area (Å²) in [5, 5.41) is 3.34. The smallest absolute Gasteiger partial charge is 0.159 e. The van der Waals surface area contributed by atoms with Crippen molar-refractivity contribution in [1.29, 1.82) is 0 Å². The van der Waals surface area contributed by atoms with E-state index in [9.17, 15) is 8.78 Å². The lowest BCUT2D eigenvalue weighted by molar-refractivity contribution is 0.216. The molecule has 0 aromatic heterocycles. The van der Waals surface area contributed by atoms with Gasteiger partial charge in [0.1, 0.15) is 0 Å². The van der Waals surface area contributed by atoms with Gasteiger partial charge in [-0.05, 0) is 67.4 Å². The van der Waals surface area contributed by atoms with Gasteiger partial charge in [0, 0.05) is 0 Å². The molecular formula is C15H21F2N. The second kappa shape index (κ2) is 5.35. The molecule has 0 unspecified atom stereocenters. The van der Waals surface area contributed by atoms with Crippen LogP contribution in [0.5, 0.6) is 0 Å². The minimum Gasteiger partial charge on any atom is -0.317 e. The zero-order chi connectivity index (χ0) is 13.2. The van der Waals surface area contributed by atoms with Crippen LogP contribution in [0.25, 0.3) is 0 Å². The lowest BCUT2D eigenvalue weighted by atomic mass is 9.76. The number of fused-ring (bicyclic) bond motifs is 1. The number of piperidine rings is 1. The van der Waals surface area contributed by atoms with E-state index >= 15 is 0 Å². The van der Waals surface area contributed by atoms with Crippen LogP contribution >= 0.6 is 0 Å². The van der Waals surface area contributed by atoms with Crippen molar-refractivity contribution in [2.45, 2.75) is 39.5 Å². The summed E-state index contributed by atoms with van der Waals surface area (Å²) in [5.74, 6) is -1.41. The number of halogens is 2. The van der Waals surface area contributed by atoms with Crippen LogP contribution in [0.1, 0.15) is 37.8 Å². The molecule has 1 aromatic carbocycles. The van der Waals surface area contributed by atoms with Crippen molar-refractivity contribution in [3.05, 3.63) is 34.9 Å². The molecule has 1 aromatic rings. The molecule has 3 heteroatoms. The molecule has 18 heavy (non-hydrogen) atoms. The molecule has 2 aliphatic rings. The van der Waals surface area contributed by atoms with Crippen LogP contribution in [0.4, 0.5) is 8.78 Å². The van der Waals surface area contributed by atoms with Gasteiger partial charge in [-0.1, -0.05) is 13.8 Å². The van der Waals surface area contributed by atoms with E-state index in [2.05, 4.69) is 5.32 Å². The average molecular weight is 253 g/mol. The molecule has 1 spiro atoms. The van der Waals surface area contributed by atoms with Gasteiger partial charge in [0.2, 0.25) is 0 Å². The number of nitrogens with one attached hydrogen (secondary N) is 1. The van der Waals surface area contributed by atoms with E-state index in [4.69, 9.17) is 0 Å². The molecule has 0 saturated carbocycles. The highest BCUT2D eigenvalue weighted by Gasteiger charge is 2.38. The van der Waals surface area contributed by atoms with Crippen molar-refractivity contribution < 1.29 is 8.78 Å². The molecule has 0 atom stereocenters. The van der Waals surface area contributed by atoms with Crippen LogP contribution in [0, 0.1) is 17.0 Å². The summed E-state index contributed by atoms with van der Waals surface area (Å²) in [7, 11) is 0. The Bertz CT molecular complexity index is 390. The fourth-order valence-corrected chi connectivity index (χ4v) is 3.14. The van der Waals surface area contributed by atoms with Crippen molar-refractivity contribution in [3.63, 3.8) is 0 Å². The summed E-state index contributed by atoms with van der Waals surface area (Å²) < 4.78 is 26.3. The first-order valence-corrected chi connectivity index (χ1v) is 6.86. The third-order valence-electron chi connectivity index (χ3n) is 4.04. The summed E-state index contributed by atoms with van der Waals surface area (Å²) in [6.45, 7) is 6.05. The van der Waals surface area contributed by atoms with E-state index in [1.54, 1.807) is 0 Å². The normalized spacial score (nSPS) is 20.2. The SMILES string of the molecule is CC.Fc1cc2c(cc1F)CC1(CCNCC1)C2. The van der Waals surface area contributed by atoms with Crippen molar-refractivity contribution in [2.24, 2.45) is 5.41 Å². The first-order valence-electron chi connectivity index (χ1n) is 6.86. The quantitative estimate of drug-likeness (QED) is 0.746. The molecule has 100 valence electrons. The maximum absolute atomic E-state index is 13.1. The maximum atomic E-state index is 13.1. The van der Waals surface area contributed by atoms with Crippen LogP contribution in [0.15, 0.2) is 12.1 Å². The van der Waals surface area contributed by atoms with Gasteiger partial charge in [-0.25, -0.2) is 8.78 Å². The Kier molecular flexibility index (Phi) is 4.00. The number of hydrogen-bond acceptors (Lipinski definition) is 1. The second-order valence-electron chi connectivity index (χ2n) is 5.14. The fraction of sp³-hybridized carbons (Fsp3) is 0.600. The van der Waals surface area contributed by atoms with Crippen molar-refractivity contribution >= 4 is 0 Å². The van der Waals surface area contributed by atoms with Gasteiger partial charge in [0.25, 0.3) is 0 Å². The Morgan fingerprint density at radius 3 is 1.83 bits per heavy atom. The van der Waals surface area contributed by atoms with E-state index in [1.165, 1.54) is 12.1 Å². The predicted molar refractivity (Wildman–Crippen MR) is 69.7 cm³/mol. The molecule has 1 saturated heterocycles. The summed E-state index contributed by atoms with van der Waals surface area (Å²) >= 11 is 0. The van der Waals surface area contributed by atoms with E-state index in [0.717, 1.165) is 49.9 Å². The van der Waals surface area contributed by atoms with E-state index in [0.29, 0.717) is 0 Å². The third kappa shape index (κ3) is 2.41. The first kappa shape index (κ1) is 13.5. The highest BCUT2D eigenvalue weighted by Crippen LogP contribution is 2.43. The van der Waals surface area contributed by atoms with Crippen LogP contribution in [0.3, 0.4) is 0 Å². The monoisotopic (exact) mass is 253 g/mol. The standard InChI is InChI=1S/C13H15F2N.C2H6/c14-11-5-9-7-13(1-3-16-4-2-13)8-10(9)6-12(11)15;1-2/h5-6,16H,1-4,7-8H2;1-2H3. The average Bonchev–Trinajstić information content (AvgIpc) is 2.70. The zero-order valence-electron chi connectivity index (χ0n) is 11.2. The number of rotatable bonds is 0. The lowest BCUT2D eigenvalue weighted by Gasteiger charge is -2.33. The summed E-state index contributed by atoms with van der Waals surface area (Å²) in [6, 6.07) is 2.78. The van der Waals surface area contributed by atoms with Crippen LogP contribution in [-0.4, -0.2) is 13.1 Å². The summed E-state index contributed by atoms with van der Waals surface area (Å²) in [5.41, 5.74) is 2.30. The molecular weight excluding hydrogens is 232 g/mol. The molecule has 1 fully saturated rings. The van der Waals surface area contributed by atoms with Gasteiger partial charge < -0.3 is 5.32 Å². The minimum absolute atomic E-state index is 0.272. The topological polar surface area (TPSA) is 12.0 Å². The first-order chi connectivity index (χ1) is 8.69. The summed E-state index contributed by atoms with van der Waals surface area (Å²) in [6.07, 6.45) is 4.07. The van der Waals surface area contributed by atoms with Gasteiger partial charge in [-0.3, -0.25) is 0 Å². The molecule has 3 rings (SSSR count). The zero-order valence-corrected chi connectivity index (χ0v) is 11.2. The van der Waals surface area contributed by atoms with Crippen molar-refractivity contribution in [1.82, 2.24) is 5.32 Å². The third-order valence-corrected chi connectivity index (χ3v) is 4.04. The van der Waals surface area contributed by atoms with E-state index in [-0.39, 0.29) is 5.41 Å². The predicted octanol–water partition coefficient (Wildman–Crippen LogP) is 3.46. The molecule has 0 radical (unpaired) electrons. The Morgan fingerprint density at radius 1 is 0.944 bits per heavy atom. The van der Waals surface area contributed by atoms with Gasteiger partial charge >= 0.3 is 0 Å². The van der Waals surface area contributed by atoms with Crippen molar-refractivity contribution in [3.8, 4) is 0 Å². The van der Waals surface area contributed by atoms with Crippen molar-refractivity contribution in [2.75, 3.05) is 13.1 Å². The van der Waals surface area contributed by atoms with Gasteiger partial charge in [0.15, 0.2) is 11.6 Å². The Morgan fingerprint density at radius 2 is 1.39 bits per heavy atom. The number of benzene rings is 1. The van der Waals surface area contributed by atoms with E-state index in [1.807, 2.05) is 13.8 Å². The lowest BCUT2D eigenvalue weighted by Crippen LogP contribution is -2.37. The van der Waals surface area contributed by atoms with Gasteiger partial charge in [-0.2, -0.15) is 0 Å². The number of hydrogen-bond donors (Lipinski definition) is 1. The van der Waals surface area contributed by atoms with Crippen LogP contribution in [0.2, 0.25) is 0 Å². The molecule has 1 aliphatic heterocycles. The second-order valence-corrected chi connectivity index (χ2v) is 5.14. The Labute approximate surface area is 108 Å². The Hall–Kier alpha value is -0.960. The van der Waals surface area contributed by atoms with Crippen LogP contribution < -0.4 is 5.32 Å². The largest absolute Gasteiger partial charge is 0.317 e. The fourth-order valence-electron chi connectivity index (χ4n) is 3.14. The van der Waals surface area contributed by atoms with E-state index < -0.39 is 11.6 Å². The molecule has 1 N–H and O–H groups in total. The molecule has 1 aliphatic carbocycles. The Balaban J connectivity index is 0.000000574. The maximum Gasteiger partial charge on any atom is 0.159 e. The molecule has 1 heterocycles. The minimum atomic E-state index is -0.704. The summed E-state index contributed by atoms with van der Waals surface area (Å²) in [4.78, 5) is 0. The molecule has 0 amide bonds. The molecule has 0 bridgehead atoms. The van der Waals surface area contributed by atoms with Gasteiger partial charge in [-0.15, -0.1) is 0 Å². The van der Waals surface area contributed by atoms with Crippen LogP contribution in [-0.2, 0) is 12.8 Å². The highest BCUT2D eigenvalue weighted by atomic mass is 19.2. The highest BCUT2D eigenvalue weighted by molar-refractivity contribution is 5.35. The van der Waals surface area contributed by atoms with Gasteiger partial charge in [0.05, 0.1) is 0 Å². The molecule has 1 nitrogen and oxygen atoms in total.